The van der Waals surface area contributed by atoms with Crippen LogP contribution in [0.4, 0.5) is 11.5 Å². The lowest BCUT2D eigenvalue weighted by Gasteiger charge is -2.33. The van der Waals surface area contributed by atoms with Crippen molar-refractivity contribution in [1.29, 1.82) is 5.26 Å². The van der Waals surface area contributed by atoms with E-state index in [1.807, 2.05) is 11.5 Å². The van der Waals surface area contributed by atoms with Gasteiger partial charge < -0.3 is 19.9 Å². The number of piperidine rings is 1. The Morgan fingerprint density at radius 2 is 2.35 bits per heavy atom. The molecule has 1 atom stereocenters. The van der Waals surface area contributed by atoms with E-state index in [2.05, 4.69) is 17.9 Å². The Balaban J connectivity index is 2.25. The fourth-order valence-corrected chi connectivity index (χ4v) is 2.91. The lowest BCUT2D eigenvalue weighted by molar-refractivity contribution is 0.139. The Labute approximate surface area is 120 Å². The first kappa shape index (κ1) is 14.7. The molecule has 20 heavy (non-hydrogen) atoms. The maximum Gasteiger partial charge on any atom is 0.133 e. The third-order valence-electron chi connectivity index (χ3n) is 3.83. The summed E-state index contributed by atoms with van der Waals surface area (Å²) >= 11 is 0. The maximum atomic E-state index is 9.28. The highest BCUT2D eigenvalue weighted by Crippen LogP contribution is 2.31. The molecule has 2 rings (SSSR count). The van der Waals surface area contributed by atoms with Crippen molar-refractivity contribution >= 4 is 11.5 Å². The first-order chi connectivity index (χ1) is 9.67. The predicted molar refractivity (Wildman–Crippen MR) is 80.7 cm³/mol. The first-order valence-corrected chi connectivity index (χ1v) is 7.39. The van der Waals surface area contributed by atoms with E-state index in [4.69, 9.17) is 10.5 Å². The van der Waals surface area contributed by atoms with Gasteiger partial charge in [0.15, 0.2) is 0 Å². The lowest BCUT2D eigenvalue weighted by Crippen LogP contribution is -2.36. The summed E-state index contributed by atoms with van der Waals surface area (Å²) in [5, 5.41) is 9.28. The number of nitrogen functional groups attached to an aromatic ring is 1. The van der Waals surface area contributed by atoms with Gasteiger partial charge in [-0.05, 0) is 31.7 Å². The van der Waals surface area contributed by atoms with Crippen LogP contribution in [-0.4, -0.2) is 30.9 Å². The van der Waals surface area contributed by atoms with Crippen LogP contribution >= 0.6 is 0 Å². The molecule has 0 amide bonds. The number of hydrogen-bond acceptors (Lipinski definition) is 4. The number of hydrogen-bond donors (Lipinski definition) is 1. The van der Waals surface area contributed by atoms with E-state index in [0.29, 0.717) is 37.1 Å². The molecule has 1 saturated heterocycles. The average molecular weight is 276 g/mol. The highest BCUT2D eigenvalue weighted by atomic mass is 16.5. The van der Waals surface area contributed by atoms with Gasteiger partial charge in [-0.15, -0.1) is 0 Å². The van der Waals surface area contributed by atoms with Gasteiger partial charge in [0.25, 0.3) is 0 Å². The van der Waals surface area contributed by atoms with Gasteiger partial charge in [-0.25, -0.2) is 0 Å². The van der Waals surface area contributed by atoms with Crippen molar-refractivity contribution in [1.82, 2.24) is 4.57 Å². The molecule has 2 N–H and O–H groups in total. The Hall–Kier alpha value is -1.67. The molecule has 1 aromatic heterocycles. The zero-order valence-corrected chi connectivity index (χ0v) is 12.4. The van der Waals surface area contributed by atoms with Gasteiger partial charge in [-0.3, -0.25) is 0 Å². The smallest absolute Gasteiger partial charge is 0.133 e. The van der Waals surface area contributed by atoms with Gasteiger partial charge in [0, 0.05) is 26.2 Å². The van der Waals surface area contributed by atoms with Crippen molar-refractivity contribution < 1.29 is 4.74 Å². The lowest BCUT2D eigenvalue weighted by atomic mass is 10.0. The molecular formula is C15H24N4O. The second kappa shape index (κ2) is 6.67. The SMILES string of the molecule is CCOCCn1c(C#N)cc(N)c1N1CCCC(C)C1. The van der Waals surface area contributed by atoms with E-state index in [1.165, 1.54) is 12.8 Å². The second-order valence-electron chi connectivity index (χ2n) is 5.46. The minimum Gasteiger partial charge on any atom is -0.396 e. The number of nitrogens with zero attached hydrogens (tertiary/aromatic N) is 3. The van der Waals surface area contributed by atoms with Crippen LogP contribution in [0.5, 0.6) is 0 Å². The van der Waals surface area contributed by atoms with Gasteiger partial charge in [0.1, 0.15) is 17.6 Å². The van der Waals surface area contributed by atoms with Crippen molar-refractivity contribution in [3.05, 3.63) is 11.8 Å². The number of rotatable bonds is 5. The van der Waals surface area contributed by atoms with Gasteiger partial charge in [0.2, 0.25) is 0 Å². The van der Waals surface area contributed by atoms with Crippen LogP contribution in [0.3, 0.4) is 0 Å². The molecule has 110 valence electrons. The molecule has 1 aliphatic heterocycles. The van der Waals surface area contributed by atoms with Crippen LogP contribution in [0.25, 0.3) is 0 Å². The van der Waals surface area contributed by atoms with E-state index in [9.17, 15) is 5.26 Å². The monoisotopic (exact) mass is 276 g/mol. The maximum absolute atomic E-state index is 9.28. The van der Waals surface area contributed by atoms with E-state index in [0.717, 1.165) is 18.9 Å². The summed E-state index contributed by atoms with van der Waals surface area (Å²) in [5.74, 6) is 1.66. The van der Waals surface area contributed by atoms with Gasteiger partial charge in [0.05, 0.1) is 12.3 Å². The molecule has 0 spiro atoms. The summed E-state index contributed by atoms with van der Waals surface area (Å²) in [6, 6.07) is 4.01. The third-order valence-corrected chi connectivity index (χ3v) is 3.83. The fraction of sp³-hybridized carbons (Fsp3) is 0.667. The molecule has 1 unspecified atom stereocenters. The van der Waals surface area contributed by atoms with Crippen molar-refractivity contribution in [2.45, 2.75) is 33.2 Å². The topological polar surface area (TPSA) is 67.2 Å². The first-order valence-electron chi connectivity index (χ1n) is 7.39. The van der Waals surface area contributed by atoms with Gasteiger partial charge in [-0.1, -0.05) is 6.92 Å². The van der Waals surface area contributed by atoms with Crippen LogP contribution in [0.2, 0.25) is 0 Å². The molecule has 5 nitrogen and oxygen atoms in total. The van der Waals surface area contributed by atoms with Crippen molar-refractivity contribution in [3.8, 4) is 6.07 Å². The second-order valence-corrected chi connectivity index (χ2v) is 5.46. The molecule has 0 saturated carbocycles. The van der Waals surface area contributed by atoms with Crippen molar-refractivity contribution in [2.75, 3.05) is 36.9 Å². The molecule has 0 bridgehead atoms. The molecule has 0 aromatic carbocycles. The zero-order valence-electron chi connectivity index (χ0n) is 12.4. The Kier molecular flexibility index (Phi) is 4.91. The summed E-state index contributed by atoms with van der Waals surface area (Å²) in [7, 11) is 0. The number of ether oxygens (including phenoxy) is 1. The summed E-state index contributed by atoms with van der Waals surface area (Å²) < 4.78 is 7.42. The van der Waals surface area contributed by atoms with E-state index >= 15 is 0 Å². The van der Waals surface area contributed by atoms with Crippen molar-refractivity contribution in [2.24, 2.45) is 5.92 Å². The van der Waals surface area contributed by atoms with Gasteiger partial charge in [-0.2, -0.15) is 5.26 Å². The van der Waals surface area contributed by atoms with Crippen LogP contribution in [0.1, 0.15) is 32.4 Å². The minimum absolute atomic E-state index is 0.607. The molecule has 0 radical (unpaired) electrons. The van der Waals surface area contributed by atoms with Crippen LogP contribution in [0, 0.1) is 17.2 Å². The summed E-state index contributed by atoms with van der Waals surface area (Å²) in [4.78, 5) is 2.32. The van der Waals surface area contributed by atoms with E-state index in [1.54, 1.807) is 6.07 Å². The van der Waals surface area contributed by atoms with E-state index < -0.39 is 0 Å². The Morgan fingerprint density at radius 1 is 1.55 bits per heavy atom. The number of anilines is 2. The van der Waals surface area contributed by atoms with Crippen LogP contribution in [0.15, 0.2) is 6.07 Å². The Bertz CT molecular complexity index is 489. The average Bonchev–Trinajstić information content (AvgIpc) is 2.75. The van der Waals surface area contributed by atoms with E-state index in [-0.39, 0.29) is 0 Å². The number of aromatic nitrogens is 1. The standard InChI is InChI=1S/C15H24N4O/c1-3-20-8-7-19-13(10-16)9-14(17)15(19)18-6-4-5-12(2)11-18/h9,12H,3-8,11,17H2,1-2H3. The molecule has 2 heterocycles. The van der Waals surface area contributed by atoms with Crippen molar-refractivity contribution in [3.63, 3.8) is 0 Å². The molecule has 1 aliphatic rings. The third kappa shape index (κ3) is 3.07. The Morgan fingerprint density at radius 3 is 3.00 bits per heavy atom. The fourth-order valence-electron chi connectivity index (χ4n) is 2.91. The van der Waals surface area contributed by atoms with Crippen LogP contribution in [-0.2, 0) is 11.3 Å². The minimum atomic E-state index is 0.607. The zero-order chi connectivity index (χ0) is 14.5. The van der Waals surface area contributed by atoms with Gasteiger partial charge >= 0.3 is 0 Å². The highest BCUT2D eigenvalue weighted by molar-refractivity contribution is 5.68. The highest BCUT2D eigenvalue weighted by Gasteiger charge is 2.23. The summed E-state index contributed by atoms with van der Waals surface area (Å²) in [6.07, 6.45) is 2.44. The van der Waals surface area contributed by atoms with Crippen LogP contribution < -0.4 is 10.6 Å². The summed E-state index contributed by atoms with van der Waals surface area (Å²) in [5.41, 5.74) is 7.47. The largest absolute Gasteiger partial charge is 0.396 e. The molecule has 0 aliphatic carbocycles. The molecule has 1 fully saturated rings. The number of nitriles is 1. The predicted octanol–water partition coefficient (Wildman–Crippen LogP) is 2.21. The normalized spacial score (nSPS) is 19.1. The quantitative estimate of drug-likeness (QED) is 0.837. The molecular weight excluding hydrogens is 252 g/mol. The number of nitrogens with two attached hydrogens (primary N) is 1. The summed E-state index contributed by atoms with van der Waals surface area (Å²) in [6.45, 7) is 8.23. The molecule has 1 aromatic rings. The molecule has 5 heteroatoms.